The zero-order chi connectivity index (χ0) is 13.0. The lowest BCUT2D eigenvalue weighted by atomic mass is 9.98. The SMILES string of the molecule is CC(C)C(CC(=O)O)N1C(=O)CCCCC1=O. The normalized spacial score (nSPS) is 19.4. The van der Waals surface area contributed by atoms with Crippen LogP contribution in [0.1, 0.15) is 46.0 Å². The van der Waals surface area contributed by atoms with E-state index in [0.717, 1.165) is 0 Å². The Balaban J connectivity index is 2.92. The maximum atomic E-state index is 11.9. The lowest BCUT2D eigenvalue weighted by molar-refractivity contribution is -0.150. The molecule has 17 heavy (non-hydrogen) atoms. The van der Waals surface area contributed by atoms with E-state index in [2.05, 4.69) is 0 Å². The van der Waals surface area contributed by atoms with Crippen LogP contribution in [-0.2, 0) is 14.4 Å². The molecule has 0 aromatic heterocycles. The van der Waals surface area contributed by atoms with Crippen molar-refractivity contribution < 1.29 is 19.5 Å². The van der Waals surface area contributed by atoms with Gasteiger partial charge in [-0.05, 0) is 18.8 Å². The summed E-state index contributed by atoms with van der Waals surface area (Å²) in [5.74, 6) is -1.48. The molecule has 2 amide bonds. The second-order valence-electron chi connectivity index (χ2n) is 4.77. The maximum Gasteiger partial charge on any atom is 0.305 e. The van der Waals surface area contributed by atoms with Gasteiger partial charge >= 0.3 is 5.97 Å². The molecule has 0 radical (unpaired) electrons. The Kier molecular flexibility index (Phi) is 4.66. The van der Waals surface area contributed by atoms with Crippen molar-refractivity contribution in [1.29, 1.82) is 0 Å². The number of carboxylic acid groups (broad SMARTS) is 1. The van der Waals surface area contributed by atoms with Gasteiger partial charge in [0, 0.05) is 12.8 Å². The predicted molar refractivity (Wildman–Crippen MR) is 61.2 cm³/mol. The third-order valence-electron chi connectivity index (χ3n) is 3.05. The van der Waals surface area contributed by atoms with E-state index in [-0.39, 0.29) is 24.2 Å². The first-order chi connectivity index (χ1) is 7.93. The van der Waals surface area contributed by atoms with Crippen molar-refractivity contribution >= 4 is 17.8 Å². The summed E-state index contributed by atoms with van der Waals surface area (Å²) in [4.78, 5) is 35.7. The molecule has 0 aromatic carbocycles. The Bertz CT molecular complexity index is 306. The first-order valence-electron chi connectivity index (χ1n) is 6.00. The van der Waals surface area contributed by atoms with Gasteiger partial charge in [0.2, 0.25) is 11.8 Å². The number of nitrogens with zero attached hydrogens (tertiary/aromatic N) is 1. The summed E-state index contributed by atoms with van der Waals surface area (Å²) in [7, 11) is 0. The average Bonchev–Trinajstić information content (AvgIpc) is 2.37. The average molecular weight is 241 g/mol. The quantitative estimate of drug-likeness (QED) is 0.755. The number of imide groups is 1. The Morgan fingerprint density at radius 2 is 1.71 bits per heavy atom. The monoisotopic (exact) mass is 241 g/mol. The molecule has 0 aromatic rings. The van der Waals surface area contributed by atoms with Gasteiger partial charge in [0.1, 0.15) is 0 Å². The van der Waals surface area contributed by atoms with Gasteiger partial charge in [-0.3, -0.25) is 19.3 Å². The van der Waals surface area contributed by atoms with E-state index in [9.17, 15) is 14.4 Å². The molecule has 0 spiro atoms. The highest BCUT2D eigenvalue weighted by molar-refractivity contribution is 5.96. The minimum absolute atomic E-state index is 0.0444. The first kappa shape index (κ1) is 13.7. The van der Waals surface area contributed by atoms with Gasteiger partial charge in [-0.1, -0.05) is 13.8 Å². The third-order valence-corrected chi connectivity index (χ3v) is 3.05. The van der Waals surface area contributed by atoms with E-state index in [1.165, 1.54) is 4.90 Å². The number of rotatable bonds is 4. The first-order valence-corrected chi connectivity index (χ1v) is 6.00. The molecule has 1 rings (SSSR count). The molecule has 0 saturated carbocycles. The molecule has 1 aliphatic rings. The van der Waals surface area contributed by atoms with E-state index in [0.29, 0.717) is 25.7 Å². The summed E-state index contributed by atoms with van der Waals surface area (Å²) in [6.07, 6.45) is 1.93. The largest absolute Gasteiger partial charge is 0.481 e. The Labute approximate surface area is 101 Å². The van der Waals surface area contributed by atoms with Gasteiger partial charge in [-0.25, -0.2) is 0 Å². The molecule has 1 fully saturated rings. The predicted octanol–water partition coefficient (Wildman–Crippen LogP) is 1.41. The fourth-order valence-corrected chi connectivity index (χ4v) is 2.11. The van der Waals surface area contributed by atoms with Crippen molar-refractivity contribution in [3.05, 3.63) is 0 Å². The van der Waals surface area contributed by atoms with E-state index in [1.54, 1.807) is 0 Å². The van der Waals surface area contributed by atoms with Crippen LogP contribution in [-0.4, -0.2) is 33.8 Å². The number of carbonyl (C=O) groups excluding carboxylic acids is 2. The van der Waals surface area contributed by atoms with E-state index < -0.39 is 12.0 Å². The van der Waals surface area contributed by atoms with Crippen molar-refractivity contribution in [3.63, 3.8) is 0 Å². The van der Waals surface area contributed by atoms with Gasteiger partial charge in [-0.15, -0.1) is 0 Å². The Hall–Kier alpha value is -1.39. The molecule has 0 aliphatic carbocycles. The van der Waals surface area contributed by atoms with E-state index in [1.807, 2.05) is 13.8 Å². The fraction of sp³-hybridized carbons (Fsp3) is 0.750. The van der Waals surface area contributed by atoms with Crippen molar-refractivity contribution in [2.45, 2.75) is 52.0 Å². The van der Waals surface area contributed by atoms with Crippen LogP contribution < -0.4 is 0 Å². The number of amides is 2. The fourth-order valence-electron chi connectivity index (χ4n) is 2.11. The zero-order valence-corrected chi connectivity index (χ0v) is 10.3. The third kappa shape index (κ3) is 3.54. The molecule has 1 saturated heterocycles. The minimum atomic E-state index is -0.978. The molecule has 0 bridgehead atoms. The lowest BCUT2D eigenvalue weighted by Crippen LogP contribution is -2.47. The summed E-state index contributed by atoms with van der Waals surface area (Å²) in [5, 5.41) is 8.86. The molecule has 1 aliphatic heterocycles. The Morgan fingerprint density at radius 1 is 1.24 bits per heavy atom. The summed E-state index contributed by atoms with van der Waals surface area (Å²) >= 11 is 0. The zero-order valence-electron chi connectivity index (χ0n) is 10.3. The number of hydrogen-bond donors (Lipinski definition) is 1. The van der Waals surface area contributed by atoms with Gasteiger partial charge in [0.05, 0.1) is 12.5 Å². The molecule has 1 N–H and O–H groups in total. The molecule has 5 nitrogen and oxygen atoms in total. The number of hydrogen-bond acceptors (Lipinski definition) is 3. The van der Waals surface area contributed by atoms with Crippen LogP contribution in [0.4, 0.5) is 0 Å². The van der Waals surface area contributed by atoms with Crippen LogP contribution in [0.15, 0.2) is 0 Å². The highest BCUT2D eigenvalue weighted by Gasteiger charge is 2.33. The van der Waals surface area contributed by atoms with Crippen molar-refractivity contribution in [3.8, 4) is 0 Å². The molecule has 1 unspecified atom stereocenters. The summed E-state index contributed by atoms with van der Waals surface area (Å²) < 4.78 is 0. The summed E-state index contributed by atoms with van der Waals surface area (Å²) in [6.45, 7) is 3.66. The number of carbonyl (C=O) groups is 3. The molecule has 1 heterocycles. The van der Waals surface area contributed by atoms with Gasteiger partial charge in [0.15, 0.2) is 0 Å². The highest BCUT2D eigenvalue weighted by atomic mass is 16.4. The second kappa shape index (κ2) is 5.80. The van der Waals surface area contributed by atoms with Crippen LogP contribution >= 0.6 is 0 Å². The summed E-state index contributed by atoms with van der Waals surface area (Å²) in [6, 6.07) is -0.523. The Morgan fingerprint density at radius 3 is 2.06 bits per heavy atom. The standard InChI is InChI=1S/C12H19NO4/c1-8(2)9(7-12(16)17)13-10(14)5-3-4-6-11(13)15/h8-9H,3-7H2,1-2H3,(H,16,17). The van der Waals surface area contributed by atoms with Crippen LogP contribution in [0.2, 0.25) is 0 Å². The van der Waals surface area contributed by atoms with Crippen LogP contribution in [0.5, 0.6) is 0 Å². The van der Waals surface area contributed by atoms with Crippen molar-refractivity contribution in [1.82, 2.24) is 4.90 Å². The number of aliphatic carboxylic acids is 1. The summed E-state index contributed by atoms with van der Waals surface area (Å²) in [5.41, 5.74) is 0. The van der Waals surface area contributed by atoms with Gasteiger partial charge < -0.3 is 5.11 Å². The van der Waals surface area contributed by atoms with E-state index in [4.69, 9.17) is 5.11 Å². The smallest absolute Gasteiger partial charge is 0.305 e. The number of likely N-dealkylation sites (tertiary alicyclic amines) is 1. The van der Waals surface area contributed by atoms with Crippen LogP contribution in [0, 0.1) is 5.92 Å². The molecular weight excluding hydrogens is 222 g/mol. The van der Waals surface area contributed by atoms with Crippen LogP contribution in [0.3, 0.4) is 0 Å². The maximum absolute atomic E-state index is 11.9. The molecule has 1 atom stereocenters. The highest BCUT2D eigenvalue weighted by Crippen LogP contribution is 2.21. The lowest BCUT2D eigenvalue weighted by Gasteiger charge is -2.31. The topological polar surface area (TPSA) is 74.7 Å². The van der Waals surface area contributed by atoms with Crippen molar-refractivity contribution in [2.24, 2.45) is 5.92 Å². The minimum Gasteiger partial charge on any atom is -0.481 e. The molecule has 96 valence electrons. The van der Waals surface area contributed by atoms with Crippen molar-refractivity contribution in [2.75, 3.05) is 0 Å². The van der Waals surface area contributed by atoms with E-state index >= 15 is 0 Å². The number of carboxylic acids is 1. The molecule has 5 heteroatoms. The van der Waals surface area contributed by atoms with Crippen LogP contribution in [0.25, 0.3) is 0 Å². The second-order valence-corrected chi connectivity index (χ2v) is 4.77. The van der Waals surface area contributed by atoms with Gasteiger partial charge in [-0.2, -0.15) is 0 Å². The molecular formula is C12H19NO4. The van der Waals surface area contributed by atoms with Gasteiger partial charge in [0.25, 0.3) is 0 Å².